The van der Waals surface area contributed by atoms with Crippen LogP contribution < -0.4 is 5.32 Å². The Bertz CT molecular complexity index is 1640. The van der Waals surface area contributed by atoms with E-state index in [9.17, 15) is 13.2 Å². The lowest BCUT2D eigenvalue weighted by Gasteiger charge is -2.10. The van der Waals surface area contributed by atoms with Crippen molar-refractivity contribution in [2.45, 2.75) is 13.0 Å². The number of H-pyrrole nitrogens is 1. The minimum Gasteiger partial charge on any atom is -0.342 e. The minimum atomic E-state index is -3.45. The Hall–Kier alpha value is -4.31. The van der Waals surface area contributed by atoms with Crippen molar-refractivity contribution in [3.05, 3.63) is 90.8 Å². The molecule has 0 fully saturated rings. The quantitative estimate of drug-likeness (QED) is 0.377. The van der Waals surface area contributed by atoms with Crippen molar-refractivity contribution in [2.24, 2.45) is 0 Å². The Morgan fingerprint density at radius 1 is 1.00 bits per heavy atom. The summed E-state index contributed by atoms with van der Waals surface area (Å²) >= 11 is 0. The summed E-state index contributed by atoms with van der Waals surface area (Å²) in [7, 11) is -3.45. The third-order valence-corrected chi connectivity index (χ3v) is 6.60. The summed E-state index contributed by atoms with van der Waals surface area (Å²) in [4.78, 5) is 29.2. The number of imidazole rings is 1. The Labute approximate surface area is 202 Å². The van der Waals surface area contributed by atoms with Crippen LogP contribution in [0.5, 0.6) is 0 Å². The lowest BCUT2D eigenvalue weighted by molar-refractivity contribution is 0.0938. The summed E-state index contributed by atoms with van der Waals surface area (Å²) in [6, 6.07) is 16.8. The molecule has 0 aliphatic heterocycles. The molecule has 2 N–H and O–H groups in total. The predicted molar refractivity (Wildman–Crippen MR) is 133 cm³/mol. The topological polar surface area (TPSA) is 123 Å². The second kappa shape index (κ2) is 8.80. The van der Waals surface area contributed by atoms with Gasteiger partial charge in [-0.3, -0.25) is 13.8 Å². The summed E-state index contributed by atoms with van der Waals surface area (Å²) < 4.78 is 24.3. The first-order chi connectivity index (χ1) is 16.8. The van der Waals surface area contributed by atoms with Crippen LogP contribution >= 0.6 is 0 Å². The fourth-order valence-electron chi connectivity index (χ4n) is 3.75. The van der Waals surface area contributed by atoms with Crippen LogP contribution in [0.2, 0.25) is 0 Å². The number of nitrogens with one attached hydrogen (secondary N) is 2. The minimum absolute atomic E-state index is 0.243. The number of pyridine rings is 2. The zero-order valence-electron chi connectivity index (χ0n) is 19.0. The van der Waals surface area contributed by atoms with Crippen LogP contribution in [0.15, 0.2) is 79.4 Å². The zero-order valence-corrected chi connectivity index (χ0v) is 19.8. The van der Waals surface area contributed by atoms with E-state index in [-0.39, 0.29) is 5.56 Å². The maximum atomic E-state index is 12.6. The fourth-order valence-corrected chi connectivity index (χ4v) is 4.33. The average molecular weight is 487 g/mol. The molecule has 176 valence electrons. The Morgan fingerprint density at radius 2 is 1.77 bits per heavy atom. The van der Waals surface area contributed by atoms with E-state index in [2.05, 4.69) is 26.3 Å². The smallest absolute Gasteiger partial charge is 0.253 e. The molecule has 1 amide bonds. The maximum absolute atomic E-state index is 12.6. The maximum Gasteiger partial charge on any atom is 0.253 e. The molecule has 0 spiro atoms. The Balaban J connectivity index is 1.37. The summed E-state index contributed by atoms with van der Waals surface area (Å²) in [5, 5.41) is 2.84. The first-order valence-electron chi connectivity index (χ1n) is 10.8. The number of benzene rings is 1. The van der Waals surface area contributed by atoms with E-state index in [0.717, 1.165) is 32.6 Å². The number of carbonyl (C=O) groups excluding carboxylic acids is 1. The summed E-state index contributed by atoms with van der Waals surface area (Å²) in [5.74, 6) is 0.146. The van der Waals surface area contributed by atoms with E-state index in [1.807, 2.05) is 42.5 Å². The van der Waals surface area contributed by atoms with Gasteiger partial charge in [-0.25, -0.2) is 18.4 Å². The Kier molecular flexibility index (Phi) is 5.65. The fraction of sp³-hybridized carbons (Fsp3) is 0.120. The van der Waals surface area contributed by atoms with Gasteiger partial charge in [-0.2, -0.15) is 0 Å². The van der Waals surface area contributed by atoms with Crippen LogP contribution in [-0.4, -0.2) is 44.5 Å². The van der Waals surface area contributed by atoms with E-state index in [1.54, 1.807) is 19.3 Å². The molecule has 4 aromatic heterocycles. The SMILES string of the molecule is C[C@@H](NC(=O)c1ccn(S(C)(=O)=O)c1)c1nc2ccc(-c3cccc(-c4ccncc4)c3)nc2[nH]1. The van der Waals surface area contributed by atoms with Gasteiger partial charge in [-0.05, 0) is 54.4 Å². The van der Waals surface area contributed by atoms with Crippen molar-refractivity contribution < 1.29 is 13.2 Å². The summed E-state index contributed by atoms with van der Waals surface area (Å²) in [6.45, 7) is 1.79. The molecule has 0 radical (unpaired) electrons. The van der Waals surface area contributed by atoms with Crippen LogP contribution in [0.25, 0.3) is 33.5 Å². The molecule has 5 rings (SSSR count). The van der Waals surface area contributed by atoms with Crippen molar-refractivity contribution in [1.82, 2.24) is 29.2 Å². The van der Waals surface area contributed by atoms with Crippen molar-refractivity contribution in [3.8, 4) is 22.4 Å². The first-order valence-corrected chi connectivity index (χ1v) is 12.7. The van der Waals surface area contributed by atoms with E-state index in [1.165, 1.54) is 18.5 Å². The van der Waals surface area contributed by atoms with E-state index >= 15 is 0 Å². The lowest BCUT2D eigenvalue weighted by atomic mass is 10.0. The van der Waals surface area contributed by atoms with Crippen molar-refractivity contribution in [2.75, 3.05) is 6.26 Å². The normalized spacial score (nSPS) is 12.5. The van der Waals surface area contributed by atoms with Crippen LogP contribution in [-0.2, 0) is 10.0 Å². The van der Waals surface area contributed by atoms with Gasteiger partial charge in [-0.15, -0.1) is 0 Å². The first kappa shape index (κ1) is 22.5. The number of carbonyl (C=O) groups is 1. The molecular formula is C25H22N6O3S. The number of hydrogen-bond donors (Lipinski definition) is 2. The van der Waals surface area contributed by atoms with Crippen LogP contribution in [0.4, 0.5) is 0 Å². The number of rotatable bonds is 6. The number of aromatic amines is 1. The van der Waals surface area contributed by atoms with Gasteiger partial charge in [0.05, 0.1) is 23.6 Å². The lowest BCUT2D eigenvalue weighted by Crippen LogP contribution is -2.27. The molecule has 0 unspecified atom stereocenters. The number of aromatic nitrogens is 5. The molecule has 1 atom stereocenters. The van der Waals surface area contributed by atoms with Crippen molar-refractivity contribution >= 4 is 27.1 Å². The summed E-state index contributed by atoms with van der Waals surface area (Å²) in [5.41, 5.74) is 5.43. The monoisotopic (exact) mass is 486 g/mol. The number of hydrogen-bond acceptors (Lipinski definition) is 6. The van der Waals surface area contributed by atoms with Gasteiger partial charge in [0.15, 0.2) is 5.65 Å². The van der Waals surface area contributed by atoms with Gasteiger partial charge in [0.2, 0.25) is 10.0 Å². The molecule has 0 bridgehead atoms. The highest BCUT2D eigenvalue weighted by atomic mass is 32.2. The molecule has 0 aliphatic carbocycles. The molecular weight excluding hydrogens is 464 g/mol. The molecule has 0 aliphatic rings. The molecule has 35 heavy (non-hydrogen) atoms. The highest BCUT2D eigenvalue weighted by molar-refractivity contribution is 7.89. The standard InChI is InChI=1S/C25H22N6O3S/c1-16(27-25(32)20-10-13-31(15-20)35(2,33)34)23-29-22-7-6-21(28-24(22)30-23)19-5-3-4-18(14-19)17-8-11-26-12-9-17/h3-16H,1-2H3,(H,27,32)(H,28,29,30)/t16-/m1/s1. The van der Waals surface area contributed by atoms with Crippen molar-refractivity contribution in [1.29, 1.82) is 0 Å². The predicted octanol–water partition coefficient (Wildman–Crippen LogP) is 3.79. The second-order valence-electron chi connectivity index (χ2n) is 8.19. The molecule has 5 aromatic rings. The number of nitrogens with zero attached hydrogens (tertiary/aromatic N) is 4. The van der Waals surface area contributed by atoms with Crippen LogP contribution in [0.3, 0.4) is 0 Å². The molecule has 4 heterocycles. The van der Waals surface area contributed by atoms with Crippen molar-refractivity contribution in [3.63, 3.8) is 0 Å². The van der Waals surface area contributed by atoms with E-state index < -0.39 is 22.0 Å². The molecule has 0 saturated carbocycles. The third-order valence-electron chi connectivity index (χ3n) is 5.60. The van der Waals surface area contributed by atoms with Gasteiger partial charge in [0.1, 0.15) is 11.3 Å². The van der Waals surface area contributed by atoms with Gasteiger partial charge >= 0.3 is 0 Å². The largest absolute Gasteiger partial charge is 0.342 e. The second-order valence-corrected chi connectivity index (χ2v) is 10.1. The average Bonchev–Trinajstić information content (AvgIpc) is 3.52. The van der Waals surface area contributed by atoms with E-state index in [4.69, 9.17) is 4.98 Å². The third kappa shape index (κ3) is 4.69. The zero-order chi connectivity index (χ0) is 24.6. The van der Waals surface area contributed by atoms with Gasteiger partial charge in [0.25, 0.3) is 5.91 Å². The van der Waals surface area contributed by atoms with Crippen LogP contribution in [0, 0.1) is 0 Å². The molecule has 9 nitrogen and oxygen atoms in total. The highest BCUT2D eigenvalue weighted by Crippen LogP contribution is 2.26. The Morgan fingerprint density at radius 3 is 2.51 bits per heavy atom. The highest BCUT2D eigenvalue weighted by Gasteiger charge is 2.18. The van der Waals surface area contributed by atoms with Gasteiger partial charge < -0.3 is 10.3 Å². The number of fused-ring (bicyclic) bond motifs is 1. The molecule has 1 aromatic carbocycles. The van der Waals surface area contributed by atoms with E-state index in [0.29, 0.717) is 17.0 Å². The number of amides is 1. The molecule has 10 heteroatoms. The van der Waals surface area contributed by atoms with Crippen LogP contribution in [0.1, 0.15) is 29.1 Å². The van der Waals surface area contributed by atoms with Gasteiger partial charge in [0, 0.05) is 30.4 Å². The summed E-state index contributed by atoms with van der Waals surface area (Å²) in [6.07, 6.45) is 7.22. The molecule has 0 saturated heterocycles. The van der Waals surface area contributed by atoms with Gasteiger partial charge in [-0.1, -0.05) is 18.2 Å².